The van der Waals surface area contributed by atoms with E-state index in [2.05, 4.69) is 15.5 Å². The highest BCUT2D eigenvalue weighted by Gasteiger charge is 2.14. The lowest BCUT2D eigenvalue weighted by Crippen LogP contribution is -2.16. The summed E-state index contributed by atoms with van der Waals surface area (Å²) in [5.74, 6) is 0.480. The highest BCUT2D eigenvalue weighted by molar-refractivity contribution is 7.89. The van der Waals surface area contributed by atoms with Gasteiger partial charge in [-0.05, 0) is 12.1 Å². The van der Waals surface area contributed by atoms with Crippen molar-refractivity contribution in [3.63, 3.8) is 0 Å². The van der Waals surface area contributed by atoms with Crippen LogP contribution in [0.5, 0.6) is 0 Å². The number of sulfonamides is 1. The van der Waals surface area contributed by atoms with Gasteiger partial charge in [-0.25, -0.2) is 13.6 Å². The van der Waals surface area contributed by atoms with Gasteiger partial charge < -0.3 is 15.6 Å². The van der Waals surface area contributed by atoms with Crippen LogP contribution in [0.3, 0.4) is 0 Å². The van der Waals surface area contributed by atoms with Gasteiger partial charge in [0, 0.05) is 13.0 Å². The van der Waals surface area contributed by atoms with E-state index in [1.165, 1.54) is 12.4 Å². The number of hydrogen-bond donors (Lipinski definition) is 3. The molecule has 2 rings (SSSR count). The van der Waals surface area contributed by atoms with E-state index in [0.29, 0.717) is 24.5 Å². The third-order valence-electron chi connectivity index (χ3n) is 2.43. The van der Waals surface area contributed by atoms with Crippen molar-refractivity contribution in [3.05, 3.63) is 30.4 Å². The fourth-order valence-corrected chi connectivity index (χ4v) is 2.24. The molecule has 8 nitrogen and oxygen atoms in total. The molecule has 5 N–H and O–H groups in total. The van der Waals surface area contributed by atoms with Gasteiger partial charge in [-0.1, -0.05) is 11.2 Å². The van der Waals surface area contributed by atoms with Crippen LogP contribution in [0.25, 0.3) is 0 Å². The van der Waals surface area contributed by atoms with Crippen LogP contribution in [-0.2, 0) is 16.4 Å². The molecule has 1 aromatic carbocycles. The van der Waals surface area contributed by atoms with Crippen molar-refractivity contribution in [2.45, 2.75) is 11.3 Å². The molecular formula is C10H13N5O3S. The number of hydrogen-bond acceptors (Lipinski definition) is 7. The predicted octanol–water partition coefficient (Wildman–Crippen LogP) is -0.0462. The maximum absolute atomic E-state index is 11.3. The van der Waals surface area contributed by atoms with Crippen LogP contribution in [0, 0.1) is 0 Å². The monoisotopic (exact) mass is 283 g/mol. The van der Waals surface area contributed by atoms with E-state index < -0.39 is 10.0 Å². The molecule has 0 radical (unpaired) electrons. The number of benzene rings is 1. The molecule has 0 atom stereocenters. The first-order valence-electron chi connectivity index (χ1n) is 5.39. The number of aromatic nitrogens is 2. The molecule has 1 heterocycles. The molecule has 1 aromatic heterocycles. The number of nitrogens with one attached hydrogen (secondary N) is 1. The third kappa shape index (κ3) is 3.20. The first kappa shape index (κ1) is 13.3. The Labute approximate surface area is 109 Å². The second kappa shape index (κ2) is 5.24. The largest absolute Gasteiger partial charge is 0.396 e. The zero-order valence-corrected chi connectivity index (χ0v) is 10.7. The summed E-state index contributed by atoms with van der Waals surface area (Å²) >= 11 is 0. The second-order valence-electron chi connectivity index (χ2n) is 3.77. The van der Waals surface area contributed by atoms with Crippen LogP contribution in [0.2, 0.25) is 0 Å². The average Bonchev–Trinajstić information content (AvgIpc) is 2.83. The third-order valence-corrected chi connectivity index (χ3v) is 3.40. The smallest absolute Gasteiger partial charge is 0.240 e. The zero-order valence-electron chi connectivity index (χ0n) is 9.91. The minimum absolute atomic E-state index is 0.0931. The van der Waals surface area contributed by atoms with Crippen LogP contribution in [0.4, 0.5) is 11.4 Å². The molecule has 0 saturated carbocycles. The van der Waals surface area contributed by atoms with Gasteiger partial charge in [-0.15, -0.1) is 0 Å². The molecule has 2 aromatic rings. The van der Waals surface area contributed by atoms with Crippen molar-refractivity contribution in [1.29, 1.82) is 0 Å². The minimum atomic E-state index is -3.83. The molecule has 0 fully saturated rings. The van der Waals surface area contributed by atoms with Gasteiger partial charge in [0.25, 0.3) is 0 Å². The maximum atomic E-state index is 11.3. The molecular weight excluding hydrogens is 270 g/mol. The van der Waals surface area contributed by atoms with Gasteiger partial charge in [0.2, 0.25) is 15.9 Å². The number of anilines is 2. The molecule has 19 heavy (non-hydrogen) atoms. The number of nitrogens with two attached hydrogens (primary N) is 2. The van der Waals surface area contributed by atoms with E-state index in [0.717, 1.165) is 0 Å². The molecule has 0 aliphatic carbocycles. The Bertz CT molecular complexity index is 654. The second-order valence-corrected chi connectivity index (χ2v) is 5.30. The minimum Gasteiger partial charge on any atom is -0.396 e. The fraction of sp³-hybridized carbons (Fsp3) is 0.200. The van der Waals surface area contributed by atoms with Crippen LogP contribution in [0.15, 0.2) is 33.9 Å². The van der Waals surface area contributed by atoms with E-state index in [1.807, 2.05) is 0 Å². The van der Waals surface area contributed by atoms with E-state index in [1.54, 1.807) is 12.1 Å². The number of primary sulfonamides is 1. The number of nitrogens with zero attached hydrogens (tertiary/aromatic N) is 2. The summed E-state index contributed by atoms with van der Waals surface area (Å²) < 4.78 is 27.4. The quantitative estimate of drug-likeness (QED) is 0.654. The van der Waals surface area contributed by atoms with E-state index in [4.69, 9.17) is 15.4 Å². The standard InChI is InChI=1S/C10H13N5O3S/c11-10-7(2-1-3-8(10)19(12,16)17)13-5-4-9-14-6-15-18-9/h1-3,6,13H,4-5,11H2,(H2,12,16,17). The van der Waals surface area contributed by atoms with Gasteiger partial charge in [0.15, 0.2) is 6.33 Å². The Balaban J connectivity index is 2.09. The van der Waals surface area contributed by atoms with Gasteiger partial charge >= 0.3 is 0 Å². The molecule has 0 spiro atoms. The van der Waals surface area contributed by atoms with Gasteiger partial charge in [0.05, 0.1) is 11.4 Å². The fourth-order valence-electron chi connectivity index (χ4n) is 1.56. The summed E-state index contributed by atoms with van der Waals surface area (Å²) in [6, 6.07) is 4.58. The first-order valence-corrected chi connectivity index (χ1v) is 6.94. The summed E-state index contributed by atoms with van der Waals surface area (Å²) in [5.41, 5.74) is 6.34. The molecule has 0 unspecified atom stereocenters. The van der Waals surface area contributed by atoms with Crippen molar-refractivity contribution in [3.8, 4) is 0 Å². The molecule has 0 aliphatic heterocycles. The summed E-state index contributed by atoms with van der Waals surface area (Å²) in [4.78, 5) is 3.76. The Kier molecular flexibility index (Phi) is 3.67. The van der Waals surface area contributed by atoms with Crippen molar-refractivity contribution >= 4 is 21.4 Å². The van der Waals surface area contributed by atoms with Crippen LogP contribution in [-0.4, -0.2) is 25.1 Å². The van der Waals surface area contributed by atoms with Crippen LogP contribution in [0.1, 0.15) is 5.89 Å². The first-order chi connectivity index (χ1) is 8.98. The Hall–Kier alpha value is -2.13. The summed E-state index contributed by atoms with van der Waals surface area (Å²) in [7, 11) is -3.83. The van der Waals surface area contributed by atoms with Crippen molar-refractivity contribution in [1.82, 2.24) is 10.1 Å². The van der Waals surface area contributed by atoms with Crippen LogP contribution < -0.4 is 16.2 Å². The molecule has 102 valence electrons. The summed E-state index contributed by atoms with van der Waals surface area (Å²) in [6.07, 6.45) is 1.81. The van der Waals surface area contributed by atoms with Crippen molar-refractivity contribution < 1.29 is 12.9 Å². The summed E-state index contributed by atoms with van der Waals surface area (Å²) in [6.45, 7) is 0.473. The lowest BCUT2D eigenvalue weighted by atomic mass is 10.2. The SMILES string of the molecule is Nc1c(NCCc2ncno2)cccc1S(N)(=O)=O. The number of nitrogen functional groups attached to an aromatic ring is 1. The van der Waals surface area contributed by atoms with E-state index in [-0.39, 0.29) is 10.6 Å². The van der Waals surface area contributed by atoms with E-state index >= 15 is 0 Å². The normalized spacial score (nSPS) is 11.4. The lowest BCUT2D eigenvalue weighted by molar-refractivity contribution is 0.380. The summed E-state index contributed by atoms with van der Waals surface area (Å²) in [5, 5.41) is 11.5. The lowest BCUT2D eigenvalue weighted by Gasteiger charge is -2.11. The molecule has 9 heteroatoms. The molecule has 0 aliphatic rings. The van der Waals surface area contributed by atoms with Gasteiger partial charge in [-0.2, -0.15) is 4.98 Å². The number of rotatable bonds is 5. The van der Waals surface area contributed by atoms with Crippen molar-refractivity contribution in [2.75, 3.05) is 17.6 Å². The van der Waals surface area contributed by atoms with Gasteiger partial charge in [0.1, 0.15) is 4.90 Å². The Morgan fingerprint density at radius 3 is 2.79 bits per heavy atom. The molecule has 0 bridgehead atoms. The van der Waals surface area contributed by atoms with Crippen LogP contribution >= 0.6 is 0 Å². The van der Waals surface area contributed by atoms with Gasteiger partial charge in [-0.3, -0.25) is 0 Å². The molecule has 0 saturated heterocycles. The topological polar surface area (TPSA) is 137 Å². The van der Waals surface area contributed by atoms with Crippen molar-refractivity contribution in [2.24, 2.45) is 5.14 Å². The Morgan fingerprint density at radius 1 is 1.37 bits per heavy atom. The number of para-hydroxylation sites is 1. The maximum Gasteiger partial charge on any atom is 0.240 e. The van der Waals surface area contributed by atoms with E-state index in [9.17, 15) is 8.42 Å². The Morgan fingerprint density at radius 2 is 2.16 bits per heavy atom. The average molecular weight is 283 g/mol. The molecule has 0 amide bonds. The highest BCUT2D eigenvalue weighted by Crippen LogP contribution is 2.25. The highest BCUT2D eigenvalue weighted by atomic mass is 32.2. The predicted molar refractivity (Wildman–Crippen MR) is 68.7 cm³/mol. The zero-order chi connectivity index (χ0) is 13.9.